The maximum atomic E-state index is 12.4. The average Bonchev–Trinajstić information content (AvgIpc) is 2.09. The lowest BCUT2D eigenvalue weighted by molar-refractivity contribution is 0.199. The third kappa shape index (κ3) is 2.51. The Labute approximate surface area is 71.0 Å². The van der Waals surface area contributed by atoms with Gasteiger partial charge in [-0.1, -0.05) is 6.92 Å². The molecule has 1 atom stereocenters. The lowest BCUT2D eigenvalue weighted by atomic mass is 10.3. The second kappa shape index (κ2) is 4.07. The molecule has 0 heterocycles. The molecule has 1 aromatic rings. The molecule has 1 unspecified atom stereocenters. The van der Waals surface area contributed by atoms with E-state index in [-0.39, 0.29) is 5.82 Å². The molecule has 0 bridgehead atoms. The second-order valence-corrected chi connectivity index (χ2v) is 2.58. The topological polar surface area (TPSA) is 32.3 Å². The molecule has 0 saturated heterocycles. The van der Waals surface area contributed by atoms with E-state index in [2.05, 4.69) is 5.32 Å². The van der Waals surface area contributed by atoms with Crippen LogP contribution in [0.4, 0.5) is 10.1 Å². The third-order valence-corrected chi connectivity index (χ3v) is 1.56. The first-order chi connectivity index (χ1) is 5.72. The van der Waals surface area contributed by atoms with Gasteiger partial charge in [0, 0.05) is 5.69 Å². The molecule has 0 amide bonds. The highest BCUT2D eigenvalue weighted by atomic mass is 19.1. The van der Waals surface area contributed by atoms with Crippen LogP contribution in [0, 0.1) is 5.82 Å². The Balaban J connectivity index is 2.58. The van der Waals surface area contributed by atoms with Crippen LogP contribution in [0.25, 0.3) is 0 Å². The molecule has 0 aliphatic heterocycles. The number of aliphatic hydroxyl groups is 1. The van der Waals surface area contributed by atoms with Crippen LogP contribution in [0.15, 0.2) is 24.3 Å². The highest BCUT2D eigenvalue weighted by Crippen LogP contribution is 2.09. The Bertz CT molecular complexity index is 235. The molecule has 0 saturated carbocycles. The molecule has 0 aliphatic carbocycles. The number of rotatable bonds is 3. The Kier molecular flexibility index (Phi) is 3.05. The summed E-state index contributed by atoms with van der Waals surface area (Å²) in [5, 5.41) is 12.0. The number of anilines is 1. The normalized spacial score (nSPS) is 12.6. The number of hydrogen-bond donors (Lipinski definition) is 2. The van der Waals surface area contributed by atoms with E-state index in [1.807, 2.05) is 6.92 Å². The maximum absolute atomic E-state index is 12.4. The summed E-state index contributed by atoms with van der Waals surface area (Å²) < 4.78 is 12.4. The van der Waals surface area contributed by atoms with Crippen molar-refractivity contribution in [1.82, 2.24) is 0 Å². The van der Waals surface area contributed by atoms with Gasteiger partial charge in [-0.25, -0.2) is 4.39 Å². The fraction of sp³-hybridized carbons (Fsp3) is 0.333. The molecule has 0 spiro atoms. The van der Waals surface area contributed by atoms with Gasteiger partial charge in [0.2, 0.25) is 0 Å². The molecule has 0 fully saturated rings. The van der Waals surface area contributed by atoms with Crippen LogP contribution in [-0.4, -0.2) is 11.3 Å². The van der Waals surface area contributed by atoms with E-state index in [1.54, 1.807) is 12.1 Å². The molecule has 0 aliphatic rings. The highest BCUT2D eigenvalue weighted by molar-refractivity contribution is 5.43. The van der Waals surface area contributed by atoms with Crippen molar-refractivity contribution in [3.05, 3.63) is 30.1 Å². The van der Waals surface area contributed by atoms with Crippen LogP contribution >= 0.6 is 0 Å². The Hall–Kier alpha value is -1.09. The molecule has 3 heteroatoms. The zero-order valence-corrected chi connectivity index (χ0v) is 6.92. The fourth-order valence-electron chi connectivity index (χ4n) is 0.841. The van der Waals surface area contributed by atoms with Crippen molar-refractivity contribution in [2.45, 2.75) is 19.6 Å². The van der Waals surface area contributed by atoms with Crippen LogP contribution in [-0.2, 0) is 0 Å². The van der Waals surface area contributed by atoms with Gasteiger partial charge in [-0.05, 0) is 30.7 Å². The summed E-state index contributed by atoms with van der Waals surface area (Å²) in [6, 6.07) is 5.89. The highest BCUT2D eigenvalue weighted by Gasteiger charge is 1.99. The van der Waals surface area contributed by atoms with Crippen LogP contribution < -0.4 is 5.32 Å². The molecule has 1 rings (SSSR count). The first kappa shape index (κ1) is 9.00. The minimum atomic E-state index is -0.560. The van der Waals surface area contributed by atoms with E-state index in [9.17, 15) is 9.50 Å². The van der Waals surface area contributed by atoms with E-state index in [0.29, 0.717) is 6.42 Å². The summed E-state index contributed by atoms with van der Waals surface area (Å²) in [7, 11) is 0. The van der Waals surface area contributed by atoms with Crippen molar-refractivity contribution in [2.24, 2.45) is 0 Å². The molecular formula is C9H12FNO. The van der Waals surface area contributed by atoms with E-state index < -0.39 is 6.23 Å². The molecular weight excluding hydrogens is 157 g/mol. The Morgan fingerprint density at radius 3 is 2.50 bits per heavy atom. The molecule has 2 N–H and O–H groups in total. The number of benzene rings is 1. The number of hydrogen-bond acceptors (Lipinski definition) is 2. The number of aliphatic hydroxyl groups excluding tert-OH is 1. The standard InChI is InChI=1S/C9H12FNO/c1-2-9(12)11-8-5-3-7(10)4-6-8/h3-6,9,11-12H,2H2,1H3. The molecule has 2 nitrogen and oxygen atoms in total. The second-order valence-electron chi connectivity index (χ2n) is 2.58. The zero-order chi connectivity index (χ0) is 8.97. The van der Waals surface area contributed by atoms with Crippen molar-refractivity contribution in [2.75, 3.05) is 5.32 Å². The average molecular weight is 169 g/mol. The molecule has 0 aromatic heterocycles. The first-order valence-electron chi connectivity index (χ1n) is 3.92. The maximum Gasteiger partial charge on any atom is 0.124 e. The smallest absolute Gasteiger partial charge is 0.124 e. The minimum absolute atomic E-state index is 0.272. The summed E-state index contributed by atoms with van der Waals surface area (Å²) in [5.41, 5.74) is 0.728. The lowest BCUT2D eigenvalue weighted by Gasteiger charge is -2.11. The van der Waals surface area contributed by atoms with Crippen molar-refractivity contribution in [3.63, 3.8) is 0 Å². The van der Waals surface area contributed by atoms with Gasteiger partial charge in [0.05, 0.1) is 0 Å². The van der Waals surface area contributed by atoms with Gasteiger partial charge in [0.15, 0.2) is 0 Å². The van der Waals surface area contributed by atoms with E-state index in [1.165, 1.54) is 12.1 Å². The van der Waals surface area contributed by atoms with Gasteiger partial charge in [-0.3, -0.25) is 0 Å². The van der Waals surface area contributed by atoms with E-state index in [0.717, 1.165) is 5.69 Å². The SMILES string of the molecule is CCC(O)Nc1ccc(F)cc1. The summed E-state index contributed by atoms with van der Waals surface area (Å²) >= 11 is 0. The quantitative estimate of drug-likeness (QED) is 0.678. The van der Waals surface area contributed by atoms with Crippen LogP contribution in [0.1, 0.15) is 13.3 Å². The summed E-state index contributed by atoms with van der Waals surface area (Å²) in [6.07, 6.45) is 0.0626. The number of nitrogens with one attached hydrogen (secondary N) is 1. The van der Waals surface area contributed by atoms with Crippen molar-refractivity contribution < 1.29 is 9.50 Å². The number of halogens is 1. The van der Waals surface area contributed by atoms with Gasteiger partial charge in [-0.2, -0.15) is 0 Å². The van der Waals surface area contributed by atoms with E-state index >= 15 is 0 Å². The zero-order valence-electron chi connectivity index (χ0n) is 6.92. The van der Waals surface area contributed by atoms with Gasteiger partial charge in [0.25, 0.3) is 0 Å². The minimum Gasteiger partial charge on any atom is -0.374 e. The van der Waals surface area contributed by atoms with Gasteiger partial charge in [-0.15, -0.1) is 0 Å². The predicted octanol–water partition coefficient (Wildman–Crippen LogP) is 1.97. The summed E-state index contributed by atoms with van der Waals surface area (Å²) in [4.78, 5) is 0. The lowest BCUT2D eigenvalue weighted by Crippen LogP contribution is -2.16. The van der Waals surface area contributed by atoms with Crippen molar-refractivity contribution in [3.8, 4) is 0 Å². The van der Waals surface area contributed by atoms with Gasteiger partial charge < -0.3 is 10.4 Å². The first-order valence-corrected chi connectivity index (χ1v) is 3.92. The van der Waals surface area contributed by atoms with Crippen molar-refractivity contribution in [1.29, 1.82) is 0 Å². The monoisotopic (exact) mass is 169 g/mol. The Morgan fingerprint density at radius 2 is 2.00 bits per heavy atom. The summed E-state index contributed by atoms with van der Waals surface area (Å²) in [6.45, 7) is 1.86. The Morgan fingerprint density at radius 1 is 1.42 bits per heavy atom. The fourth-order valence-corrected chi connectivity index (χ4v) is 0.841. The summed E-state index contributed by atoms with van der Waals surface area (Å²) in [5.74, 6) is -0.272. The van der Waals surface area contributed by atoms with Gasteiger partial charge in [0.1, 0.15) is 12.0 Å². The van der Waals surface area contributed by atoms with Crippen LogP contribution in [0.5, 0.6) is 0 Å². The van der Waals surface area contributed by atoms with Crippen molar-refractivity contribution >= 4 is 5.69 Å². The molecule has 1 aromatic carbocycles. The van der Waals surface area contributed by atoms with E-state index in [4.69, 9.17) is 0 Å². The largest absolute Gasteiger partial charge is 0.374 e. The third-order valence-electron chi connectivity index (χ3n) is 1.56. The predicted molar refractivity (Wildman–Crippen MR) is 46.3 cm³/mol. The molecule has 12 heavy (non-hydrogen) atoms. The molecule has 66 valence electrons. The van der Waals surface area contributed by atoms with Crippen LogP contribution in [0.2, 0.25) is 0 Å². The molecule has 0 radical (unpaired) electrons. The van der Waals surface area contributed by atoms with Crippen LogP contribution in [0.3, 0.4) is 0 Å². The van der Waals surface area contributed by atoms with Gasteiger partial charge >= 0.3 is 0 Å².